The van der Waals surface area contributed by atoms with Gasteiger partial charge in [0.2, 0.25) is 0 Å². The van der Waals surface area contributed by atoms with Crippen molar-refractivity contribution >= 4 is 38.6 Å². The Bertz CT molecular complexity index is 3240. The van der Waals surface area contributed by atoms with Gasteiger partial charge in [-0.3, -0.25) is 0 Å². The molecule has 10 aromatic carbocycles. The zero-order valence-corrected chi connectivity index (χ0v) is 34.6. The summed E-state index contributed by atoms with van der Waals surface area (Å²) in [5, 5.41) is 5.01. The van der Waals surface area contributed by atoms with Gasteiger partial charge in [-0.05, 0) is 144 Å². The number of hydrogen-bond acceptors (Lipinski definition) is 1. The van der Waals surface area contributed by atoms with Crippen LogP contribution in [0, 0.1) is 0 Å². The number of anilines is 3. The first-order valence-electron chi connectivity index (χ1n) is 22.1. The maximum atomic E-state index is 2.51. The van der Waals surface area contributed by atoms with Crippen molar-refractivity contribution in [2.45, 2.75) is 30.6 Å². The van der Waals surface area contributed by atoms with Crippen molar-refractivity contribution in [1.29, 1.82) is 0 Å². The zero-order chi connectivity index (χ0) is 41.0. The van der Waals surface area contributed by atoms with Crippen LogP contribution in [0.25, 0.3) is 43.8 Å². The van der Waals surface area contributed by atoms with Gasteiger partial charge in [0.25, 0.3) is 0 Å². The highest BCUT2D eigenvalue weighted by atomic mass is 15.1. The molecule has 0 saturated heterocycles. The molecular formula is C61H45N. The fourth-order valence-electron chi connectivity index (χ4n) is 11.0. The third-order valence-corrected chi connectivity index (χ3v) is 13.8. The molecule has 10 aromatic rings. The molecule has 0 aliphatic heterocycles. The summed E-state index contributed by atoms with van der Waals surface area (Å²) < 4.78 is 0. The first kappa shape index (κ1) is 36.4. The van der Waals surface area contributed by atoms with Crippen molar-refractivity contribution in [1.82, 2.24) is 0 Å². The molecule has 1 unspecified atom stereocenters. The van der Waals surface area contributed by atoms with Crippen LogP contribution >= 0.6 is 0 Å². The lowest BCUT2D eigenvalue weighted by Gasteiger charge is -2.35. The Balaban J connectivity index is 1.10. The molecule has 0 spiro atoms. The number of rotatable bonds is 6. The summed E-state index contributed by atoms with van der Waals surface area (Å²) in [7, 11) is 0. The van der Waals surface area contributed by atoms with Crippen LogP contribution in [0.3, 0.4) is 0 Å². The highest BCUT2D eigenvalue weighted by molar-refractivity contribution is 6.01. The summed E-state index contributed by atoms with van der Waals surface area (Å²) in [6.07, 6.45) is 3.13. The van der Waals surface area contributed by atoms with Crippen molar-refractivity contribution in [3.63, 3.8) is 0 Å². The van der Waals surface area contributed by atoms with E-state index >= 15 is 0 Å². The van der Waals surface area contributed by atoms with Gasteiger partial charge in [0.1, 0.15) is 0 Å². The zero-order valence-electron chi connectivity index (χ0n) is 34.6. The summed E-state index contributed by atoms with van der Waals surface area (Å²) in [6, 6.07) is 86.4. The molecule has 0 saturated carbocycles. The van der Waals surface area contributed by atoms with Gasteiger partial charge in [0.15, 0.2) is 0 Å². The van der Waals surface area contributed by atoms with E-state index in [0.29, 0.717) is 5.92 Å². The number of hydrogen-bond donors (Lipinski definition) is 0. The van der Waals surface area contributed by atoms with Crippen LogP contribution in [0.15, 0.2) is 231 Å². The summed E-state index contributed by atoms with van der Waals surface area (Å²) in [5.41, 5.74) is 17.6. The maximum absolute atomic E-state index is 2.51. The number of fused-ring (bicyclic) bond motifs is 9. The summed E-state index contributed by atoms with van der Waals surface area (Å²) in [6.45, 7) is 0. The van der Waals surface area contributed by atoms with Crippen LogP contribution in [-0.2, 0) is 18.3 Å². The van der Waals surface area contributed by atoms with Crippen molar-refractivity contribution in [3.8, 4) is 22.3 Å². The number of benzene rings is 10. The lowest BCUT2D eigenvalue weighted by molar-refractivity contribution is 0.618. The molecule has 0 heterocycles. The fraction of sp³-hybridized carbons (Fsp3) is 0.0820. The molecule has 1 atom stereocenters. The fourth-order valence-corrected chi connectivity index (χ4v) is 11.0. The van der Waals surface area contributed by atoms with E-state index in [1.807, 2.05) is 0 Å². The first-order chi connectivity index (χ1) is 30.7. The Labute approximate surface area is 364 Å². The quantitative estimate of drug-likeness (QED) is 0.162. The van der Waals surface area contributed by atoms with Crippen molar-refractivity contribution in [2.24, 2.45) is 0 Å². The lowest BCUT2D eigenvalue weighted by Crippen LogP contribution is -2.29. The average molecular weight is 792 g/mol. The van der Waals surface area contributed by atoms with Crippen LogP contribution in [0.5, 0.6) is 0 Å². The Hall–Kier alpha value is -7.48. The monoisotopic (exact) mass is 791 g/mol. The molecule has 0 fully saturated rings. The molecule has 0 bridgehead atoms. The van der Waals surface area contributed by atoms with E-state index in [9.17, 15) is 0 Å². The second-order valence-electron chi connectivity index (χ2n) is 17.1. The average Bonchev–Trinajstić information content (AvgIpc) is 3.64. The standard InChI is InChI=1S/C61H45N/c1-4-16-42(17-5-1)46-28-29-48-40-52(33-36-55(48)54-26-14-13-21-47(54)38-46)62(51-32-30-43-18-10-11-20-45(43)39-51)53-34-37-57-58-35-31-44-19-12-15-27-56(44)60(58)61(59(57)41-53,49-22-6-2-7-23-49)50-24-8-3-9-25-50/h1-27,30-37,39-41,46H,28-29,38H2. The highest BCUT2D eigenvalue weighted by Gasteiger charge is 2.47. The molecule has 62 heavy (non-hydrogen) atoms. The number of aryl methyl sites for hydroxylation is 1. The minimum Gasteiger partial charge on any atom is -0.310 e. The van der Waals surface area contributed by atoms with E-state index in [0.717, 1.165) is 30.6 Å². The summed E-state index contributed by atoms with van der Waals surface area (Å²) in [4.78, 5) is 2.51. The van der Waals surface area contributed by atoms with E-state index in [1.165, 1.54) is 88.4 Å². The molecular weight excluding hydrogens is 747 g/mol. The molecule has 1 heteroatoms. The Morgan fingerprint density at radius 3 is 1.71 bits per heavy atom. The predicted octanol–water partition coefficient (Wildman–Crippen LogP) is 15.8. The molecule has 0 aromatic heterocycles. The SMILES string of the molecule is c1ccc(C2CCc3cc(N(c4ccc5c(c4)C(c4ccccc4)(c4ccccc4)c4c-5ccc5ccccc45)c4ccc5ccccc5c4)ccc3-c3ccccc3C2)cc1. The molecule has 1 nitrogen and oxygen atoms in total. The van der Waals surface area contributed by atoms with E-state index in [-0.39, 0.29) is 0 Å². The van der Waals surface area contributed by atoms with Crippen molar-refractivity contribution < 1.29 is 0 Å². The van der Waals surface area contributed by atoms with Gasteiger partial charge in [-0.2, -0.15) is 0 Å². The van der Waals surface area contributed by atoms with Gasteiger partial charge in [0, 0.05) is 17.1 Å². The topological polar surface area (TPSA) is 3.24 Å². The second kappa shape index (κ2) is 14.9. The van der Waals surface area contributed by atoms with E-state index < -0.39 is 5.41 Å². The summed E-state index contributed by atoms with van der Waals surface area (Å²) in [5.74, 6) is 0.448. The van der Waals surface area contributed by atoms with E-state index in [2.05, 4.69) is 235 Å². The maximum Gasteiger partial charge on any atom is 0.0720 e. The van der Waals surface area contributed by atoms with Gasteiger partial charge in [0.05, 0.1) is 5.41 Å². The normalized spacial score (nSPS) is 14.9. The van der Waals surface area contributed by atoms with Crippen LogP contribution in [0.1, 0.15) is 51.3 Å². The van der Waals surface area contributed by atoms with E-state index in [4.69, 9.17) is 0 Å². The summed E-state index contributed by atoms with van der Waals surface area (Å²) >= 11 is 0. The molecule has 0 N–H and O–H groups in total. The minimum absolute atomic E-state index is 0.448. The Morgan fingerprint density at radius 2 is 0.935 bits per heavy atom. The highest BCUT2D eigenvalue weighted by Crippen LogP contribution is 2.59. The predicted molar refractivity (Wildman–Crippen MR) is 260 cm³/mol. The van der Waals surface area contributed by atoms with Crippen molar-refractivity contribution in [2.75, 3.05) is 4.90 Å². The molecule has 2 aliphatic rings. The first-order valence-corrected chi connectivity index (χ1v) is 22.1. The minimum atomic E-state index is -0.554. The van der Waals surface area contributed by atoms with Crippen LogP contribution in [-0.4, -0.2) is 0 Å². The molecule has 12 rings (SSSR count). The van der Waals surface area contributed by atoms with Crippen LogP contribution < -0.4 is 4.90 Å². The smallest absolute Gasteiger partial charge is 0.0720 e. The van der Waals surface area contributed by atoms with Crippen LogP contribution in [0.4, 0.5) is 17.1 Å². The third-order valence-electron chi connectivity index (χ3n) is 13.8. The number of nitrogens with zero attached hydrogens (tertiary/aromatic N) is 1. The van der Waals surface area contributed by atoms with Crippen molar-refractivity contribution in [3.05, 3.63) is 269 Å². The lowest BCUT2D eigenvalue weighted by atomic mass is 9.66. The van der Waals surface area contributed by atoms with Gasteiger partial charge < -0.3 is 4.90 Å². The molecule has 294 valence electrons. The third kappa shape index (κ3) is 5.84. The largest absolute Gasteiger partial charge is 0.310 e. The van der Waals surface area contributed by atoms with Gasteiger partial charge >= 0.3 is 0 Å². The van der Waals surface area contributed by atoms with Gasteiger partial charge in [-0.15, -0.1) is 0 Å². The van der Waals surface area contributed by atoms with Gasteiger partial charge in [-0.25, -0.2) is 0 Å². The molecule has 0 radical (unpaired) electrons. The Morgan fingerprint density at radius 1 is 0.387 bits per heavy atom. The van der Waals surface area contributed by atoms with Gasteiger partial charge in [-0.1, -0.05) is 194 Å². The molecule has 0 amide bonds. The Kier molecular flexibility index (Phi) is 8.75. The second-order valence-corrected chi connectivity index (χ2v) is 17.1. The van der Waals surface area contributed by atoms with Crippen LogP contribution in [0.2, 0.25) is 0 Å². The van der Waals surface area contributed by atoms with E-state index in [1.54, 1.807) is 0 Å². The molecule has 2 aliphatic carbocycles.